The molecule has 0 saturated heterocycles. The van der Waals surface area contributed by atoms with Crippen LogP contribution in [0.5, 0.6) is 0 Å². The van der Waals surface area contributed by atoms with E-state index in [1.54, 1.807) is 0 Å². The summed E-state index contributed by atoms with van der Waals surface area (Å²) < 4.78 is 0. The fourth-order valence-corrected chi connectivity index (χ4v) is 1.34. The van der Waals surface area contributed by atoms with Gasteiger partial charge in [0.15, 0.2) is 0 Å². The lowest BCUT2D eigenvalue weighted by molar-refractivity contribution is 0.728. The topological polar surface area (TPSA) is 0 Å². The molecule has 0 bridgehead atoms. The minimum absolute atomic E-state index is 1.21. The second-order valence-corrected chi connectivity index (χ2v) is 3.80. The molecule has 0 radical (unpaired) electrons. The van der Waals surface area contributed by atoms with Gasteiger partial charge in [-0.3, -0.25) is 0 Å². The molecule has 0 heteroatoms. The van der Waals surface area contributed by atoms with E-state index in [1.807, 2.05) is 0 Å². The van der Waals surface area contributed by atoms with Crippen molar-refractivity contribution in [2.45, 2.75) is 65.2 Å². The van der Waals surface area contributed by atoms with Gasteiger partial charge in [0.05, 0.1) is 0 Å². The van der Waals surface area contributed by atoms with Crippen molar-refractivity contribution in [1.82, 2.24) is 0 Å². The summed E-state index contributed by atoms with van der Waals surface area (Å²) in [5.74, 6) is 0. The summed E-state index contributed by atoms with van der Waals surface area (Å²) in [5, 5.41) is 0. The Morgan fingerprint density at radius 1 is 0.571 bits per heavy atom. The van der Waals surface area contributed by atoms with Gasteiger partial charge in [-0.05, 0) is 32.1 Å². The molecule has 0 aliphatic heterocycles. The first-order valence-electron chi connectivity index (χ1n) is 6.21. The summed E-state index contributed by atoms with van der Waals surface area (Å²) in [7, 11) is 0. The Morgan fingerprint density at radius 3 is 1.71 bits per heavy atom. The van der Waals surface area contributed by atoms with Crippen molar-refractivity contribution in [2.75, 3.05) is 0 Å². The fraction of sp³-hybridized carbons (Fsp3) is 0.714. The first-order valence-corrected chi connectivity index (χ1v) is 6.21. The van der Waals surface area contributed by atoms with Crippen molar-refractivity contribution in [3.63, 3.8) is 0 Å². The van der Waals surface area contributed by atoms with E-state index < -0.39 is 0 Å². The van der Waals surface area contributed by atoms with E-state index >= 15 is 0 Å². The molecule has 0 N–H and O–H groups in total. The number of hydrogen-bond acceptors (Lipinski definition) is 0. The van der Waals surface area contributed by atoms with Gasteiger partial charge in [-0.2, -0.15) is 0 Å². The molecule has 0 saturated carbocycles. The molecular weight excluding hydrogens is 168 g/mol. The normalized spacial score (nSPS) is 11.9. The van der Waals surface area contributed by atoms with Crippen molar-refractivity contribution in [2.24, 2.45) is 0 Å². The minimum Gasteiger partial charge on any atom is -0.0885 e. The lowest BCUT2D eigenvalue weighted by Crippen LogP contribution is -1.71. The van der Waals surface area contributed by atoms with Crippen LogP contribution in [0.3, 0.4) is 0 Å². The molecule has 0 aliphatic rings. The van der Waals surface area contributed by atoms with Crippen LogP contribution in [0, 0.1) is 0 Å². The molecule has 0 spiro atoms. The Hall–Kier alpha value is -0.520. The average Bonchev–Trinajstić information content (AvgIpc) is 2.21. The van der Waals surface area contributed by atoms with Gasteiger partial charge in [0.2, 0.25) is 0 Å². The lowest BCUT2D eigenvalue weighted by Gasteiger charge is -1.91. The predicted octanol–water partition coefficient (Wildman–Crippen LogP) is 5.26. The number of rotatable bonds is 9. The van der Waals surface area contributed by atoms with Gasteiger partial charge < -0.3 is 0 Å². The van der Waals surface area contributed by atoms with Gasteiger partial charge in [0.25, 0.3) is 0 Å². The lowest BCUT2D eigenvalue weighted by atomic mass is 10.2. The van der Waals surface area contributed by atoms with Crippen molar-refractivity contribution in [1.29, 1.82) is 0 Å². The molecule has 0 aromatic rings. The molecule has 0 aromatic heterocycles. The van der Waals surface area contributed by atoms with Crippen LogP contribution in [0.25, 0.3) is 0 Å². The Labute approximate surface area is 90.1 Å². The first-order chi connectivity index (χ1) is 6.91. The molecule has 0 amide bonds. The zero-order chi connectivity index (χ0) is 10.5. The third kappa shape index (κ3) is 11.5. The highest BCUT2D eigenvalue weighted by Gasteiger charge is 1.81. The van der Waals surface area contributed by atoms with Crippen LogP contribution in [-0.4, -0.2) is 0 Å². The largest absolute Gasteiger partial charge is 0.0885 e. The standard InChI is InChI=1S/C14H26/c1-3-5-7-9-11-13-14-12-10-8-6-4-2/h7,9,12,14H,3-6,8,10-11,13H2,1-2H3/b9-7+,14-12+. The molecule has 82 valence electrons. The smallest absolute Gasteiger partial charge is 0.0316 e. The first kappa shape index (κ1) is 13.5. The second-order valence-electron chi connectivity index (χ2n) is 3.80. The molecule has 0 aromatic carbocycles. The SMILES string of the molecule is CCC/C=C/CC/C=C/CCCCC. The maximum atomic E-state index is 2.34. The molecule has 0 fully saturated rings. The molecular formula is C14H26. The summed E-state index contributed by atoms with van der Waals surface area (Å²) >= 11 is 0. The van der Waals surface area contributed by atoms with Crippen LogP contribution in [0.4, 0.5) is 0 Å². The zero-order valence-electron chi connectivity index (χ0n) is 9.97. The zero-order valence-corrected chi connectivity index (χ0v) is 9.97. The second kappa shape index (κ2) is 12.5. The van der Waals surface area contributed by atoms with Gasteiger partial charge in [0.1, 0.15) is 0 Å². The van der Waals surface area contributed by atoms with E-state index in [0.29, 0.717) is 0 Å². The van der Waals surface area contributed by atoms with Gasteiger partial charge in [-0.15, -0.1) is 0 Å². The maximum absolute atomic E-state index is 2.34. The van der Waals surface area contributed by atoms with Crippen LogP contribution in [0.15, 0.2) is 24.3 Å². The molecule has 0 unspecified atom stereocenters. The van der Waals surface area contributed by atoms with Gasteiger partial charge in [0, 0.05) is 0 Å². The van der Waals surface area contributed by atoms with E-state index in [2.05, 4.69) is 38.2 Å². The third-order valence-electron chi connectivity index (χ3n) is 2.26. The van der Waals surface area contributed by atoms with E-state index in [-0.39, 0.29) is 0 Å². The Morgan fingerprint density at radius 2 is 1.14 bits per heavy atom. The third-order valence-corrected chi connectivity index (χ3v) is 2.26. The number of allylic oxidation sites excluding steroid dienone is 4. The summed E-state index contributed by atoms with van der Waals surface area (Å²) in [6, 6.07) is 0. The number of unbranched alkanes of at least 4 members (excludes halogenated alkanes) is 5. The van der Waals surface area contributed by atoms with Crippen molar-refractivity contribution >= 4 is 0 Å². The van der Waals surface area contributed by atoms with E-state index in [0.717, 1.165) is 0 Å². The van der Waals surface area contributed by atoms with Crippen molar-refractivity contribution in [3.8, 4) is 0 Å². The van der Waals surface area contributed by atoms with Gasteiger partial charge in [-0.1, -0.05) is 57.4 Å². The summed E-state index contributed by atoms with van der Waals surface area (Å²) in [6.45, 7) is 4.47. The Bertz CT molecular complexity index is 142. The predicted molar refractivity (Wildman–Crippen MR) is 66.6 cm³/mol. The van der Waals surface area contributed by atoms with Crippen LogP contribution in [0.2, 0.25) is 0 Å². The maximum Gasteiger partial charge on any atom is -0.0316 e. The molecule has 0 nitrogen and oxygen atoms in total. The number of hydrogen-bond donors (Lipinski definition) is 0. The quantitative estimate of drug-likeness (QED) is 0.347. The molecule has 0 heterocycles. The molecule has 0 rings (SSSR count). The molecule has 14 heavy (non-hydrogen) atoms. The van der Waals surface area contributed by atoms with Gasteiger partial charge >= 0.3 is 0 Å². The fourth-order valence-electron chi connectivity index (χ4n) is 1.34. The molecule has 0 atom stereocenters. The van der Waals surface area contributed by atoms with Crippen LogP contribution >= 0.6 is 0 Å². The highest BCUT2D eigenvalue weighted by Crippen LogP contribution is 2.01. The minimum atomic E-state index is 1.21. The Kier molecular flexibility index (Phi) is 12.0. The van der Waals surface area contributed by atoms with Crippen LogP contribution in [-0.2, 0) is 0 Å². The van der Waals surface area contributed by atoms with Crippen molar-refractivity contribution in [3.05, 3.63) is 24.3 Å². The van der Waals surface area contributed by atoms with Crippen molar-refractivity contribution < 1.29 is 0 Å². The van der Waals surface area contributed by atoms with E-state index in [9.17, 15) is 0 Å². The summed E-state index contributed by atoms with van der Waals surface area (Å²) in [4.78, 5) is 0. The van der Waals surface area contributed by atoms with E-state index in [1.165, 1.54) is 51.4 Å². The van der Waals surface area contributed by atoms with E-state index in [4.69, 9.17) is 0 Å². The van der Waals surface area contributed by atoms with Crippen LogP contribution in [0.1, 0.15) is 65.2 Å². The highest BCUT2D eigenvalue weighted by molar-refractivity contribution is 4.87. The monoisotopic (exact) mass is 194 g/mol. The van der Waals surface area contributed by atoms with Crippen LogP contribution < -0.4 is 0 Å². The average molecular weight is 194 g/mol. The summed E-state index contributed by atoms with van der Waals surface area (Å²) in [6.07, 6.45) is 19.5. The van der Waals surface area contributed by atoms with Gasteiger partial charge in [-0.25, -0.2) is 0 Å². The Balaban J connectivity index is 3.10. The highest BCUT2D eigenvalue weighted by atomic mass is 13.9. The molecule has 0 aliphatic carbocycles. The summed E-state index contributed by atoms with van der Waals surface area (Å²) in [5.41, 5.74) is 0.